The van der Waals surface area contributed by atoms with Gasteiger partial charge in [-0.15, -0.1) is 0 Å². The monoisotopic (exact) mass is 231 g/mol. The van der Waals surface area contributed by atoms with Crippen LogP contribution in [0.5, 0.6) is 0 Å². The van der Waals surface area contributed by atoms with Crippen LogP contribution in [0.2, 0.25) is 0 Å². The molecule has 2 aromatic rings. The number of anilines is 1. The highest BCUT2D eigenvalue weighted by atomic mass is 16.4. The highest BCUT2D eigenvalue weighted by Gasteiger charge is 2.08. The van der Waals surface area contributed by atoms with Crippen molar-refractivity contribution >= 4 is 16.8 Å². The number of nitriles is 1. The van der Waals surface area contributed by atoms with Crippen LogP contribution in [-0.4, -0.2) is 18.2 Å². The second kappa shape index (κ2) is 4.34. The molecule has 0 N–H and O–H groups in total. The Labute approximate surface area is 98.5 Å². The fraction of sp³-hybridized carbons (Fsp3) is 0.333. The van der Waals surface area contributed by atoms with Crippen LogP contribution in [-0.2, 0) is 7.05 Å². The minimum atomic E-state index is -0.364. The number of benzene rings is 1. The lowest BCUT2D eigenvalue weighted by Crippen LogP contribution is -2.18. The Morgan fingerprint density at radius 3 is 3.00 bits per heavy atom. The maximum Gasteiger partial charge on any atom is 0.419 e. The van der Waals surface area contributed by atoms with Crippen LogP contribution in [0.4, 0.5) is 5.69 Å². The molecule has 0 amide bonds. The number of aromatic nitrogens is 1. The zero-order valence-electron chi connectivity index (χ0n) is 9.80. The normalized spacial score (nSPS) is 10.4. The SMILES string of the molecule is CN(CCC#N)c1ccc2oc(=O)n(C)c2c1. The van der Waals surface area contributed by atoms with Gasteiger partial charge < -0.3 is 9.32 Å². The number of nitrogens with zero attached hydrogens (tertiary/aromatic N) is 3. The first-order valence-electron chi connectivity index (χ1n) is 5.31. The smallest absolute Gasteiger partial charge is 0.408 e. The van der Waals surface area contributed by atoms with Crippen LogP contribution >= 0.6 is 0 Å². The van der Waals surface area contributed by atoms with Crippen LogP contribution in [0.15, 0.2) is 27.4 Å². The Morgan fingerprint density at radius 1 is 1.53 bits per heavy atom. The van der Waals surface area contributed by atoms with Gasteiger partial charge in [0.2, 0.25) is 0 Å². The summed E-state index contributed by atoms with van der Waals surface area (Å²) in [5.74, 6) is -0.364. The quantitative estimate of drug-likeness (QED) is 0.802. The number of hydrogen-bond donors (Lipinski definition) is 0. The Morgan fingerprint density at radius 2 is 2.29 bits per heavy atom. The zero-order valence-corrected chi connectivity index (χ0v) is 9.80. The molecular weight excluding hydrogens is 218 g/mol. The van der Waals surface area contributed by atoms with E-state index in [0.29, 0.717) is 18.5 Å². The number of hydrogen-bond acceptors (Lipinski definition) is 4. The van der Waals surface area contributed by atoms with Gasteiger partial charge in [0.25, 0.3) is 0 Å². The Kier molecular flexibility index (Phi) is 2.88. The Hall–Kier alpha value is -2.22. The maximum atomic E-state index is 11.3. The minimum absolute atomic E-state index is 0.364. The summed E-state index contributed by atoms with van der Waals surface area (Å²) in [6.45, 7) is 0.661. The van der Waals surface area contributed by atoms with Crippen molar-refractivity contribution in [3.63, 3.8) is 0 Å². The van der Waals surface area contributed by atoms with Crippen molar-refractivity contribution < 1.29 is 4.42 Å². The lowest BCUT2D eigenvalue weighted by Gasteiger charge is -2.17. The second-order valence-electron chi connectivity index (χ2n) is 3.91. The molecule has 5 nitrogen and oxygen atoms in total. The first-order chi connectivity index (χ1) is 8.13. The molecule has 1 aromatic carbocycles. The highest BCUT2D eigenvalue weighted by Crippen LogP contribution is 2.20. The molecule has 1 heterocycles. The molecule has 1 aromatic heterocycles. The third-order valence-electron chi connectivity index (χ3n) is 2.77. The summed E-state index contributed by atoms with van der Waals surface area (Å²) >= 11 is 0. The molecular formula is C12H13N3O2. The predicted molar refractivity (Wildman–Crippen MR) is 65.0 cm³/mol. The maximum absolute atomic E-state index is 11.3. The van der Waals surface area contributed by atoms with Crippen molar-refractivity contribution in [2.24, 2.45) is 7.05 Å². The largest absolute Gasteiger partial charge is 0.419 e. The number of aryl methyl sites for hydroxylation is 1. The number of fused-ring (bicyclic) bond motifs is 1. The van der Waals surface area contributed by atoms with Crippen LogP contribution in [0, 0.1) is 11.3 Å². The van der Waals surface area contributed by atoms with Crippen LogP contribution in [0.3, 0.4) is 0 Å². The van der Waals surface area contributed by atoms with E-state index >= 15 is 0 Å². The molecule has 0 aliphatic carbocycles. The topological polar surface area (TPSA) is 62.2 Å². The van der Waals surface area contributed by atoms with Crippen molar-refractivity contribution in [1.82, 2.24) is 4.57 Å². The van der Waals surface area contributed by atoms with E-state index in [2.05, 4.69) is 6.07 Å². The predicted octanol–water partition coefficient (Wildman–Crippen LogP) is 1.48. The molecule has 0 radical (unpaired) electrons. The molecule has 0 spiro atoms. The van der Waals surface area contributed by atoms with E-state index < -0.39 is 0 Å². The van der Waals surface area contributed by atoms with E-state index in [-0.39, 0.29) is 5.76 Å². The van der Waals surface area contributed by atoms with Gasteiger partial charge in [0.05, 0.1) is 18.0 Å². The van der Waals surface area contributed by atoms with Gasteiger partial charge >= 0.3 is 5.76 Å². The first kappa shape index (κ1) is 11.3. The van der Waals surface area contributed by atoms with E-state index in [1.54, 1.807) is 13.1 Å². The third kappa shape index (κ3) is 2.02. The summed E-state index contributed by atoms with van der Waals surface area (Å²) in [4.78, 5) is 13.3. The fourth-order valence-corrected chi connectivity index (χ4v) is 1.70. The molecule has 0 unspecified atom stereocenters. The molecule has 0 aliphatic heterocycles. The number of rotatable bonds is 3. The van der Waals surface area contributed by atoms with Crippen molar-refractivity contribution in [1.29, 1.82) is 5.26 Å². The van der Waals surface area contributed by atoms with Crippen LogP contribution < -0.4 is 10.7 Å². The van der Waals surface area contributed by atoms with Crippen molar-refractivity contribution in [2.45, 2.75) is 6.42 Å². The van der Waals surface area contributed by atoms with E-state index in [1.807, 2.05) is 24.1 Å². The Balaban J connectivity index is 2.40. The van der Waals surface area contributed by atoms with Crippen molar-refractivity contribution in [2.75, 3.05) is 18.5 Å². The van der Waals surface area contributed by atoms with Gasteiger partial charge in [0.15, 0.2) is 5.58 Å². The lowest BCUT2D eigenvalue weighted by molar-refractivity contribution is 0.528. The van der Waals surface area contributed by atoms with Crippen molar-refractivity contribution in [3.05, 3.63) is 28.7 Å². The molecule has 88 valence electrons. The summed E-state index contributed by atoms with van der Waals surface area (Å²) < 4.78 is 6.52. The molecule has 0 aliphatic rings. The molecule has 0 saturated carbocycles. The van der Waals surface area contributed by atoms with Gasteiger partial charge in [-0.2, -0.15) is 5.26 Å². The average Bonchev–Trinajstić information content (AvgIpc) is 2.62. The van der Waals surface area contributed by atoms with E-state index in [9.17, 15) is 4.79 Å². The van der Waals surface area contributed by atoms with Gasteiger partial charge in [-0.25, -0.2) is 4.79 Å². The molecule has 5 heteroatoms. The van der Waals surface area contributed by atoms with E-state index in [1.165, 1.54) is 4.57 Å². The summed E-state index contributed by atoms with van der Waals surface area (Å²) in [5, 5.41) is 8.54. The van der Waals surface area contributed by atoms with Gasteiger partial charge in [-0.3, -0.25) is 4.57 Å². The summed E-state index contributed by atoms with van der Waals surface area (Å²) in [6.07, 6.45) is 0.471. The molecule has 0 fully saturated rings. The Bertz CT molecular complexity index is 633. The first-order valence-corrected chi connectivity index (χ1v) is 5.31. The van der Waals surface area contributed by atoms with Gasteiger partial charge in [-0.05, 0) is 18.2 Å². The second-order valence-corrected chi connectivity index (χ2v) is 3.91. The third-order valence-corrected chi connectivity index (χ3v) is 2.77. The minimum Gasteiger partial charge on any atom is -0.408 e. The molecule has 17 heavy (non-hydrogen) atoms. The van der Waals surface area contributed by atoms with Crippen molar-refractivity contribution in [3.8, 4) is 6.07 Å². The summed E-state index contributed by atoms with van der Waals surface area (Å²) in [7, 11) is 3.59. The molecule has 0 atom stereocenters. The zero-order chi connectivity index (χ0) is 12.4. The van der Waals surface area contributed by atoms with Gasteiger partial charge in [0, 0.05) is 26.3 Å². The fourth-order valence-electron chi connectivity index (χ4n) is 1.70. The average molecular weight is 231 g/mol. The lowest BCUT2D eigenvalue weighted by atomic mass is 10.2. The number of oxazole rings is 1. The van der Waals surface area contributed by atoms with Gasteiger partial charge in [-0.1, -0.05) is 0 Å². The molecule has 0 bridgehead atoms. The highest BCUT2D eigenvalue weighted by molar-refractivity contribution is 5.77. The van der Waals surface area contributed by atoms with E-state index in [0.717, 1.165) is 11.2 Å². The van der Waals surface area contributed by atoms with Crippen LogP contribution in [0.25, 0.3) is 11.1 Å². The molecule has 0 saturated heterocycles. The van der Waals surface area contributed by atoms with Crippen LogP contribution in [0.1, 0.15) is 6.42 Å². The van der Waals surface area contributed by atoms with Gasteiger partial charge in [0.1, 0.15) is 0 Å². The standard InChI is InChI=1S/C12H13N3O2/c1-14(7-3-6-13)9-4-5-11-10(8-9)15(2)12(16)17-11/h4-5,8H,3,7H2,1-2H3. The summed E-state index contributed by atoms with van der Waals surface area (Å²) in [6, 6.07) is 7.64. The summed E-state index contributed by atoms with van der Waals surface area (Å²) in [5.41, 5.74) is 2.30. The van der Waals surface area contributed by atoms with E-state index in [4.69, 9.17) is 9.68 Å². The molecule has 2 rings (SSSR count).